The van der Waals surface area contributed by atoms with E-state index in [1.165, 1.54) is 12.1 Å². The Kier molecular flexibility index (Phi) is 7.04. The fourth-order valence-corrected chi connectivity index (χ4v) is 4.76. The van der Waals surface area contributed by atoms with Crippen molar-refractivity contribution < 1.29 is 18.4 Å². The van der Waals surface area contributed by atoms with Gasteiger partial charge < -0.3 is 5.73 Å². The van der Waals surface area contributed by atoms with Gasteiger partial charge in [0.25, 0.3) is 0 Å². The summed E-state index contributed by atoms with van der Waals surface area (Å²) in [5.41, 5.74) is 9.05. The molecule has 0 unspecified atom stereocenters. The molecule has 0 aliphatic heterocycles. The molecule has 0 fully saturated rings. The van der Waals surface area contributed by atoms with Crippen molar-refractivity contribution in [2.24, 2.45) is 5.73 Å². The predicted octanol–water partition coefficient (Wildman–Crippen LogP) is 5.46. The van der Waals surface area contributed by atoms with E-state index in [0.29, 0.717) is 27.9 Å². The summed E-state index contributed by atoms with van der Waals surface area (Å²) in [7, 11) is 0. The van der Waals surface area contributed by atoms with E-state index in [0.717, 1.165) is 17.0 Å². The van der Waals surface area contributed by atoms with Gasteiger partial charge in [0.15, 0.2) is 5.78 Å². The minimum absolute atomic E-state index is 0.0425. The molecule has 2 N–H and O–H groups in total. The molecule has 1 atom stereocenters. The van der Waals surface area contributed by atoms with Gasteiger partial charge in [0.1, 0.15) is 18.2 Å². The van der Waals surface area contributed by atoms with Crippen LogP contribution in [0.2, 0.25) is 0 Å². The number of hydrogen-bond donors (Lipinski definition) is 1. The summed E-state index contributed by atoms with van der Waals surface area (Å²) >= 11 is 0. The summed E-state index contributed by atoms with van der Waals surface area (Å²) in [4.78, 5) is 29.7. The second kappa shape index (κ2) is 10.7. The van der Waals surface area contributed by atoms with Crippen molar-refractivity contribution in [3.8, 4) is 11.1 Å². The Labute approximate surface area is 217 Å². The minimum Gasteiger partial charge on any atom is -0.366 e. The normalized spacial score (nSPS) is 11.9. The summed E-state index contributed by atoms with van der Waals surface area (Å²) in [5.74, 6) is -2.56. The number of Topliss-reactive ketones (excluding diaryl/α,β-unsaturated/α-hetero) is 1. The Bertz CT molecular complexity index is 1630. The fourth-order valence-electron chi connectivity index (χ4n) is 4.76. The standard InChI is InChI=1S/C30H24F2N4O2/c31-24-12-19(13-25(32)16-24)11-23(15-26(37)18-36-28-9-2-1-5-22(28)17-35-36)29-27(8-4-10-34-29)20-6-3-7-21(14-20)30(33)38/h1-10,12-14,16-17,23H,11,15,18H2,(H2,33,38)/t23-/m1/s1. The lowest BCUT2D eigenvalue weighted by molar-refractivity contribution is -0.120. The number of halogens is 2. The van der Waals surface area contributed by atoms with Crippen LogP contribution in [0.25, 0.3) is 22.0 Å². The number of nitrogens with two attached hydrogens (primary N) is 1. The van der Waals surface area contributed by atoms with Gasteiger partial charge in [-0.15, -0.1) is 0 Å². The Morgan fingerprint density at radius 1 is 0.921 bits per heavy atom. The largest absolute Gasteiger partial charge is 0.366 e. The third kappa shape index (κ3) is 5.49. The summed E-state index contributed by atoms with van der Waals surface area (Å²) in [6, 6.07) is 21.4. The van der Waals surface area contributed by atoms with Crippen LogP contribution in [-0.4, -0.2) is 26.5 Å². The number of primary amides is 1. The molecule has 38 heavy (non-hydrogen) atoms. The molecule has 0 radical (unpaired) electrons. The number of benzene rings is 3. The van der Waals surface area contributed by atoms with Gasteiger partial charge >= 0.3 is 0 Å². The van der Waals surface area contributed by atoms with Gasteiger partial charge in [-0.3, -0.25) is 19.3 Å². The topological polar surface area (TPSA) is 90.9 Å². The van der Waals surface area contributed by atoms with E-state index in [2.05, 4.69) is 10.1 Å². The van der Waals surface area contributed by atoms with E-state index in [1.54, 1.807) is 41.3 Å². The summed E-state index contributed by atoms with van der Waals surface area (Å²) in [6.07, 6.45) is 3.56. The van der Waals surface area contributed by atoms with Gasteiger partial charge in [-0.25, -0.2) is 8.78 Å². The van der Waals surface area contributed by atoms with Gasteiger partial charge in [-0.2, -0.15) is 5.10 Å². The van der Waals surface area contributed by atoms with Crippen molar-refractivity contribution >= 4 is 22.6 Å². The lowest BCUT2D eigenvalue weighted by Crippen LogP contribution is -2.17. The third-order valence-corrected chi connectivity index (χ3v) is 6.44. The average Bonchev–Trinajstić information content (AvgIpc) is 3.30. The number of pyridine rings is 1. The van der Waals surface area contributed by atoms with Crippen molar-refractivity contribution in [3.05, 3.63) is 120 Å². The summed E-state index contributed by atoms with van der Waals surface area (Å²) < 4.78 is 29.7. The first-order valence-corrected chi connectivity index (χ1v) is 12.1. The van der Waals surface area contributed by atoms with E-state index in [1.807, 2.05) is 36.4 Å². The van der Waals surface area contributed by atoms with Gasteiger partial charge in [0.05, 0.1) is 17.4 Å². The zero-order chi connectivity index (χ0) is 26.6. The highest BCUT2D eigenvalue weighted by Gasteiger charge is 2.23. The molecule has 0 spiro atoms. The number of carbonyl (C=O) groups is 2. The molecule has 2 heterocycles. The van der Waals surface area contributed by atoms with E-state index in [-0.39, 0.29) is 25.2 Å². The van der Waals surface area contributed by atoms with Crippen LogP contribution in [0.3, 0.4) is 0 Å². The van der Waals surface area contributed by atoms with Crippen LogP contribution in [0.5, 0.6) is 0 Å². The van der Waals surface area contributed by atoms with E-state index < -0.39 is 23.5 Å². The Morgan fingerprint density at radius 2 is 1.71 bits per heavy atom. The summed E-state index contributed by atoms with van der Waals surface area (Å²) in [5, 5.41) is 5.28. The predicted molar refractivity (Wildman–Crippen MR) is 140 cm³/mol. The number of hydrogen-bond acceptors (Lipinski definition) is 4. The van der Waals surface area contributed by atoms with Crippen molar-refractivity contribution in [3.63, 3.8) is 0 Å². The molecule has 5 rings (SSSR count). The molecule has 6 nitrogen and oxygen atoms in total. The van der Waals surface area contributed by atoms with Crippen LogP contribution in [0.1, 0.15) is 34.0 Å². The highest BCUT2D eigenvalue weighted by atomic mass is 19.1. The van der Waals surface area contributed by atoms with Gasteiger partial charge in [0.2, 0.25) is 5.91 Å². The number of para-hydroxylation sites is 1. The van der Waals surface area contributed by atoms with Crippen molar-refractivity contribution in [1.29, 1.82) is 0 Å². The maximum absolute atomic E-state index is 14.0. The molecule has 1 amide bonds. The Balaban J connectivity index is 1.51. The second-order valence-electron chi connectivity index (χ2n) is 9.16. The average molecular weight is 511 g/mol. The molecule has 5 aromatic rings. The second-order valence-corrected chi connectivity index (χ2v) is 9.16. The van der Waals surface area contributed by atoms with Crippen LogP contribution in [-0.2, 0) is 17.8 Å². The SMILES string of the molecule is NC(=O)c1cccc(-c2cccnc2[C@@H](CC(=O)Cn2ncc3ccccc32)Cc2cc(F)cc(F)c2)c1. The first-order valence-electron chi connectivity index (χ1n) is 12.1. The van der Waals surface area contributed by atoms with Crippen molar-refractivity contribution in [2.75, 3.05) is 0 Å². The van der Waals surface area contributed by atoms with Crippen LogP contribution in [0.15, 0.2) is 91.3 Å². The number of rotatable bonds is 9. The number of amides is 1. The molecule has 3 aromatic carbocycles. The first-order chi connectivity index (χ1) is 18.4. The lowest BCUT2D eigenvalue weighted by atomic mass is 9.86. The fraction of sp³-hybridized carbons (Fsp3) is 0.133. The highest BCUT2D eigenvalue weighted by molar-refractivity contribution is 5.94. The lowest BCUT2D eigenvalue weighted by Gasteiger charge is -2.20. The van der Waals surface area contributed by atoms with Crippen LogP contribution < -0.4 is 5.73 Å². The number of carbonyl (C=O) groups excluding carboxylic acids is 2. The maximum atomic E-state index is 14.0. The molecular formula is C30H24F2N4O2. The van der Waals surface area contributed by atoms with E-state index >= 15 is 0 Å². The van der Waals surface area contributed by atoms with Gasteiger partial charge in [-0.1, -0.05) is 36.4 Å². The van der Waals surface area contributed by atoms with Crippen LogP contribution in [0, 0.1) is 11.6 Å². The third-order valence-electron chi connectivity index (χ3n) is 6.44. The molecular weight excluding hydrogens is 486 g/mol. The quantitative estimate of drug-likeness (QED) is 0.285. The Hall–Kier alpha value is -4.72. The number of fused-ring (bicyclic) bond motifs is 1. The monoisotopic (exact) mass is 510 g/mol. The molecule has 8 heteroatoms. The molecule has 0 aliphatic rings. The number of aromatic nitrogens is 3. The van der Waals surface area contributed by atoms with Gasteiger partial charge in [-0.05, 0) is 53.9 Å². The van der Waals surface area contributed by atoms with Crippen LogP contribution in [0.4, 0.5) is 8.78 Å². The summed E-state index contributed by atoms with van der Waals surface area (Å²) in [6.45, 7) is 0.0425. The molecule has 0 saturated carbocycles. The molecule has 0 saturated heterocycles. The van der Waals surface area contributed by atoms with E-state index in [9.17, 15) is 18.4 Å². The zero-order valence-corrected chi connectivity index (χ0v) is 20.4. The highest BCUT2D eigenvalue weighted by Crippen LogP contribution is 2.33. The number of nitrogens with zero attached hydrogens (tertiary/aromatic N) is 3. The number of ketones is 1. The molecule has 2 aromatic heterocycles. The zero-order valence-electron chi connectivity index (χ0n) is 20.4. The van der Waals surface area contributed by atoms with Crippen molar-refractivity contribution in [1.82, 2.24) is 14.8 Å². The first kappa shape index (κ1) is 25.0. The molecule has 190 valence electrons. The molecule has 0 aliphatic carbocycles. The van der Waals surface area contributed by atoms with Gasteiger partial charge in [0, 0.05) is 41.1 Å². The van der Waals surface area contributed by atoms with Crippen molar-refractivity contribution in [2.45, 2.75) is 25.3 Å². The van der Waals surface area contributed by atoms with E-state index in [4.69, 9.17) is 5.73 Å². The minimum atomic E-state index is -0.691. The Morgan fingerprint density at radius 3 is 2.50 bits per heavy atom. The molecule has 0 bridgehead atoms. The maximum Gasteiger partial charge on any atom is 0.248 e. The van der Waals surface area contributed by atoms with Crippen LogP contribution >= 0.6 is 0 Å². The smallest absolute Gasteiger partial charge is 0.248 e.